The van der Waals surface area contributed by atoms with Gasteiger partial charge in [0.1, 0.15) is 17.3 Å². The summed E-state index contributed by atoms with van der Waals surface area (Å²) in [6.07, 6.45) is 4.29. The van der Waals surface area contributed by atoms with E-state index in [1.54, 1.807) is 0 Å². The number of pyridine rings is 1. The summed E-state index contributed by atoms with van der Waals surface area (Å²) >= 11 is 0. The lowest BCUT2D eigenvalue weighted by Gasteiger charge is -2.35. The van der Waals surface area contributed by atoms with Gasteiger partial charge in [-0.15, -0.1) is 0 Å². The van der Waals surface area contributed by atoms with Crippen LogP contribution < -0.4 is 14.5 Å². The van der Waals surface area contributed by atoms with Crippen molar-refractivity contribution in [3.8, 4) is 17.3 Å². The van der Waals surface area contributed by atoms with Crippen molar-refractivity contribution in [2.24, 2.45) is 5.41 Å². The van der Waals surface area contributed by atoms with Gasteiger partial charge in [-0.05, 0) is 98.7 Å². The summed E-state index contributed by atoms with van der Waals surface area (Å²) in [7, 11) is 0. The molecule has 0 unspecified atom stereocenters. The Kier molecular flexibility index (Phi) is 10.5. The molecule has 5 nitrogen and oxygen atoms in total. The topological polar surface area (TPSA) is 33.5 Å². The Labute approximate surface area is 371 Å². The number of fused-ring (bicyclic) bond motifs is 3. The predicted octanol–water partition coefficient (Wildman–Crippen LogP) is 15.4. The van der Waals surface area contributed by atoms with E-state index in [0.29, 0.717) is 6.67 Å². The van der Waals surface area contributed by atoms with Crippen LogP contribution in [0.25, 0.3) is 27.6 Å². The van der Waals surface area contributed by atoms with Gasteiger partial charge >= 0.3 is 0 Å². The largest absolute Gasteiger partial charge is 0.457 e. The van der Waals surface area contributed by atoms with Gasteiger partial charge in [0.2, 0.25) is 0 Å². The van der Waals surface area contributed by atoms with Gasteiger partial charge in [0.15, 0.2) is 0 Å². The molecule has 8 rings (SSSR count). The van der Waals surface area contributed by atoms with E-state index in [0.717, 1.165) is 34.0 Å². The van der Waals surface area contributed by atoms with Crippen LogP contribution in [0.15, 0.2) is 139 Å². The van der Waals surface area contributed by atoms with Crippen molar-refractivity contribution >= 4 is 33.2 Å². The van der Waals surface area contributed by atoms with E-state index >= 15 is 0 Å². The van der Waals surface area contributed by atoms with Crippen LogP contribution in [0.3, 0.4) is 0 Å². The summed E-state index contributed by atoms with van der Waals surface area (Å²) < 4.78 is 9.23. The third kappa shape index (κ3) is 8.27. The first-order valence-corrected chi connectivity index (χ1v) is 22.3. The van der Waals surface area contributed by atoms with Gasteiger partial charge in [-0.25, -0.2) is 4.98 Å². The molecule has 7 aromatic rings. The third-order valence-corrected chi connectivity index (χ3v) is 12.8. The van der Waals surface area contributed by atoms with Gasteiger partial charge in [-0.1, -0.05) is 152 Å². The Morgan fingerprint density at radius 1 is 0.468 bits per heavy atom. The van der Waals surface area contributed by atoms with E-state index in [9.17, 15) is 0 Å². The maximum atomic E-state index is 6.95. The maximum Gasteiger partial charge on any atom is 0.137 e. The van der Waals surface area contributed by atoms with Crippen LogP contribution >= 0.6 is 0 Å². The van der Waals surface area contributed by atoms with Crippen molar-refractivity contribution in [3.05, 3.63) is 167 Å². The number of hydrogen-bond acceptors (Lipinski definition) is 4. The smallest absolute Gasteiger partial charge is 0.137 e. The number of rotatable bonds is 7. The molecule has 0 radical (unpaired) electrons. The van der Waals surface area contributed by atoms with Crippen LogP contribution in [-0.4, -0.2) is 16.2 Å². The number of hydrogen-bond donors (Lipinski definition) is 0. The molecular formula is C57H66N4O. The van der Waals surface area contributed by atoms with Crippen LogP contribution in [-0.2, 0) is 21.7 Å². The Bertz CT molecular complexity index is 2810. The van der Waals surface area contributed by atoms with Crippen LogP contribution in [0.5, 0.6) is 11.5 Å². The van der Waals surface area contributed by atoms with E-state index in [4.69, 9.17) is 9.72 Å². The lowest BCUT2D eigenvalue weighted by molar-refractivity contribution is 0.479. The molecule has 3 heterocycles. The summed E-state index contributed by atoms with van der Waals surface area (Å²) in [6.45, 7) is 32.9. The minimum absolute atomic E-state index is 0.00556. The van der Waals surface area contributed by atoms with E-state index in [-0.39, 0.29) is 27.1 Å². The molecule has 0 aliphatic carbocycles. The highest BCUT2D eigenvalue weighted by molar-refractivity contribution is 6.09. The molecule has 0 amide bonds. The van der Waals surface area contributed by atoms with E-state index < -0.39 is 0 Å². The van der Waals surface area contributed by atoms with Gasteiger partial charge in [0, 0.05) is 63.2 Å². The van der Waals surface area contributed by atoms with Crippen molar-refractivity contribution in [2.45, 2.75) is 119 Å². The maximum absolute atomic E-state index is 6.95. The van der Waals surface area contributed by atoms with Crippen molar-refractivity contribution in [2.75, 3.05) is 16.5 Å². The zero-order chi connectivity index (χ0) is 44.6. The van der Waals surface area contributed by atoms with Gasteiger partial charge in [-0.3, -0.25) is 4.57 Å². The lowest BCUT2D eigenvalue weighted by atomic mass is 9.75. The average molecular weight is 823 g/mol. The summed E-state index contributed by atoms with van der Waals surface area (Å²) in [5.74, 6) is 2.50. The van der Waals surface area contributed by atoms with Crippen molar-refractivity contribution in [1.82, 2.24) is 9.55 Å². The zero-order valence-electron chi connectivity index (χ0n) is 39.6. The molecule has 0 saturated carbocycles. The number of nitrogens with zero attached hydrogens (tertiary/aromatic N) is 4. The first kappa shape index (κ1) is 42.9. The predicted molar refractivity (Wildman–Crippen MR) is 264 cm³/mol. The summed E-state index contributed by atoms with van der Waals surface area (Å²) in [4.78, 5) is 9.84. The number of anilines is 2. The number of allylic oxidation sites excluding steroid dienone is 1. The fourth-order valence-electron chi connectivity index (χ4n) is 8.69. The summed E-state index contributed by atoms with van der Waals surface area (Å²) in [6, 6.07) is 44.4. The monoisotopic (exact) mass is 823 g/mol. The first-order valence-electron chi connectivity index (χ1n) is 22.3. The molecule has 320 valence electrons. The summed E-state index contributed by atoms with van der Waals surface area (Å²) in [5.41, 5.74) is 11.8. The minimum atomic E-state index is -0.181. The van der Waals surface area contributed by atoms with Gasteiger partial charge in [0.25, 0.3) is 0 Å². The van der Waals surface area contributed by atoms with E-state index in [1.165, 1.54) is 50.0 Å². The number of aromatic nitrogens is 2. The van der Waals surface area contributed by atoms with Crippen LogP contribution in [0.1, 0.15) is 125 Å². The minimum Gasteiger partial charge on any atom is -0.457 e. The molecule has 5 aromatic carbocycles. The SMILES string of the molecule is CC(C)(C)C1=CN(c2cc(Oc3ccc4c5ccccc5n(-c5cc(C(C)(C)C)ccn5)c4c3)cc(C(C)(C)C)c2)CN1c1cc(C(C)(C)C)cc(C(C)(C)c2ccccc2)c1. The molecule has 5 heteroatoms. The molecule has 2 aromatic heterocycles. The lowest BCUT2D eigenvalue weighted by Crippen LogP contribution is -2.31. The Hall–Kier alpha value is -5.81. The molecule has 0 atom stereocenters. The zero-order valence-corrected chi connectivity index (χ0v) is 39.6. The Morgan fingerprint density at radius 3 is 1.76 bits per heavy atom. The van der Waals surface area contributed by atoms with Crippen molar-refractivity contribution < 1.29 is 4.74 Å². The third-order valence-electron chi connectivity index (χ3n) is 12.8. The van der Waals surface area contributed by atoms with Crippen molar-refractivity contribution in [1.29, 1.82) is 0 Å². The average Bonchev–Trinajstić information content (AvgIpc) is 3.81. The fraction of sp³-hybridized carbons (Fsp3) is 0.351. The van der Waals surface area contributed by atoms with E-state index in [1.807, 2.05) is 6.20 Å². The molecule has 1 aliphatic rings. The number of para-hydroxylation sites is 1. The van der Waals surface area contributed by atoms with Crippen LogP contribution in [0.4, 0.5) is 11.4 Å². The molecule has 0 spiro atoms. The normalized spacial score (nSPS) is 14.3. The standard InChI is InChI=1S/C57H66N4O/c1-53(2,3)39-26-27-58-52(33-39)61-49-23-19-18-22-47(49)48-25-24-45(35-50(48)61)62-46-32-41(55(7,8)9)29-43(34-46)59-36-51(56(10,11)12)60(37-59)44-30-40(54(4,5)6)28-42(31-44)57(13,14)38-20-16-15-17-21-38/h15-36H,37H2,1-14H3. The highest BCUT2D eigenvalue weighted by atomic mass is 16.5. The Balaban J connectivity index is 1.21. The molecule has 62 heavy (non-hydrogen) atoms. The van der Waals surface area contributed by atoms with E-state index in [2.05, 4.69) is 239 Å². The summed E-state index contributed by atoms with van der Waals surface area (Å²) in [5, 5.41) is 2.36. The first-order chi connectivity index (χ1) is 29.0. The van der Waals surface area contributed by atoms with Crippen molar-refractivity contribution in [3.63, 3.8) is 0 Å². The molecule has 0 bridgehead atoms. The Morgan fingerprint density at radius 2 is 1.08 bits per heavy atom. The number of benzene rings is 5. The van der Waals surface area contributed by atoms with Gasteiger partial charge in [-0.2, -0.15) is 0 Å². The second kappa shape index (κ2) is 15.2. The molecule has 0 N–H and O–H groups in total. The molecular weight excluding hydrogens is 757 g/mol. The second-order valence-corrected chi connectivity index (χ2v) is 22.1. The number of ether oxygens (including phenoxy) is 1. The molecule has 0 saturated heterocycles. The van der Waals surface area contributed by atoms with Crippen LogP contribution in [0.2, 0.25) is 0 Å². The molecule has 1 aliphatic heterocycles. The fourth-order valence-corrected chi connectivity index (χ4v) is 8.69. The second-order valence-electron chi connectivity index (χ2n) is 22.1. The molecule has 0 fully saturated rings. The van der Waals surface area contributed by atoms with Crippen LogP contribution in [0, 0.1) is 5.41 Å². The van der Waals surface area contributed by atoms with Gasteiger partial charge in [0.05, 0.1) is 17.7 Å². The van der Waals surface area contributed by atoms with Gasteiger partial charge < -0.3 is 14.5 Å². The highest BCUT2D eigenvalue weighted by Crippen LogP contribution is 2.44. The highest BCUT2D eigenvalue weighted by Gasteiger charge is 2.34. The quantitative estimate of drug-likeness (QED) is 0.160.